The average Bonchev–Trinajstić information content (AvgIpc) is 3.35. The van der Waals surface area contributed by atoms with E-state index in [0.29, 0.717) is 39.0 Å². The molecule has 206 valence electrons. The van der Waals surface area contributed by atoms with Gasteiger partial charge in [-0.3, -0.25) is 4.79 Å². The van der Waals surface area contributed by atoms with E-state index in [4.69, 9.17) is 0 Å². The van der Waals surface area contributed by atoms with Crippen LogP contribution in [-0.4, -0.2) is 31.6 Å². The third kappa shape index (κ3) is 5.70. The number of aryl methyl sites for hydroxylation is 1. The molecule has 0 atom stereocenters. The Kier molecular flexibility index (Phi) is 7.11. The number of aromatic nitrogens is 2. The van der Waals surface area contributed by atoms with Gasteiger partial charge in [0.2, 0.25) is 10.0 Å². The van der Waals surface area contributed by atoms with Crippen molar-refractivity contribution in [3.8, 4) is 11.1 Å². The Morgan fingerprint density at radius 3 is 2.20 bits per heavy atom. The topological polar surface area (TPSA) is 107 Å². The number of hydrogen-bond acceptors (Lipinski definition) is 6. The molecule has 0 fully saturated rings. The van der Waals surface area contributed by atoms with Gasteiger partial charge >= 0.3 is 0 Å². The van der Waals surface area contributed by atoms with E-state index in [9.17, 15) is 26.0 Å². The van der Waals surface area contributed by atoms with Gasteiger partial charge < -0.3 is 9.88 Å². The van der Waals surface area contributed by atoms with Gasteiger partial charge in [0.15, 0.2) is 9.84 Å². The molecular weight excluding hydrogens is 553 g/mol. The summed E-state index contributed by atoms with van der Waals surface area (Å²) in [5.74, 6) is -0.906. The highest BCUT2D eigenvalue weighted by molar-refractivity contribution is 7.90. The number of nitrogens with one attached hydrogen (secondary N) is 1. The van der Waals surface area contributed by atoms with Crippen molar-refractivity contribution in [3.63, 3.8) is 0 Å². The molecule has 0 spiro atoms. The van der Waals surface area contributed by atoms with Gasteiger partial charge in [-0.1, -0.05) is 36.4 Å². The minimum Gasteiger partial charge on any atom is -0.355 e. The van der Waals surface area contributed by atoms with Crippen molar-refractivity contribution in [2.45, 2.75) is 11.5 Å². The summed E-state index contributed by atoms with van der Waals surface area (Å²) in [6.45, 7) is 0. The highest BCUT2D eigenvalue weighted by atomic mass is 32.2. The summed E-state index contributed by atoms with van der Waals surface area (Å²) in [6.07, 6.45) is 4.09. The van der Waals surface area contributed by atoms with Crippen molar-refractivity contribution >= 4 is 42.1 Å². The van der Waals surface area contributed by atoms with Crippen LogP contribution in [0.3, 0.4) is 0 Å². The van der Waals surface area contributed by atoms with Crippen molar-refractivity contribution in [1.82, 2.24) is 8.54 Å². The van der Waals surface area contributed by atoms with E-state index < -0.39 is 31.2 Å². The SMILES string of the molecule is Cn1cc(-c2cc(CS(C)(=O)=O)ccc2Nc2ccc(F)cc2)c2ccn(S(=O)(=O)Cc3ccccc3)c2c1=O. The van der Waals surface area contributed by atoms with Gasteiger partial charge in [0.1, 0.15) is 11.3 Å². The van der Waals surface area contributed by atoms with Crippen LogP contribution in [0.15, 0.2) is 96.1 Å². The Bertz CT molecular complexity index is 2000. The zero-order valence-corrected chi connectivity index (χ0v) is 23.3. The molecule has 0 aliphatic carbocycles. The van der Waals surface area contributed by atoms with Gasteiger partial charge in [0.25, 0.3) is 5.56 Å². The first-order valence-electron chi connectivity index (χ1n) is 12.2. The Balaban J connectivity index is 1.71. The smallest absolute Gasteiger partial charge is 0.275 e. The zero-order chi connectivity index (χ0) is 28.7. The van der Waals surface area contributed by atoms with Crippen LogP contribution in [-0.2, 0) is 38.4 Å². The van der Waals surface area contributed by atoms with Crippen LogP contribution in [0.2, 0.25) is 0 Å². The van der Waals surface area contributed by atoms with Crippen LogP contribution in [0.25, 0.3) is 22.0 Å². The molecule has 40 heavy (non-hydrogen) atoms. The maximum atomic E-state index is 13.5. The highest BCUT2D eigenvalue weighted by Crippen LogP contribution is 2.36. The lowest BCUT2D eigenvalue weighted by molar-refractivity contribution is 0.587. The number of halogens is 1. The number of sulfone groups is 1. The molecular formula is C29H26FN3O5S2. The van der Waals surface area contributed by atoms with Crippen molar-refractivity contribution in [3.05, 3.63) is 119 Å². The van der Waals surface area contributed by atoms with Gasteiger partial charge in [-0.15, -0.1) is 0 Å². The number of nitrogens with zero attached hydrogens (tertiary/aromatic N) is 2. The summed E-state index contributed by atoms with van der Waals surface area (Å²) in [5, 5.41) is 3.62. The molecule has 2 aromatic heterocycles. The fraction of sp³-hybridized carbons (Fsp3) is 0.138. The van der Waals surface area contributed by atoms with Crippen LogP contribution in [0.4, 0.5) is 15.8 Å². The van der Waals surface area contributed by atoms with E-state index in [1.54, 1.807) is 72.9 Å². The molecule has 11 heteroatoms. The highest BCUT2D eigenvalue weighted by Gasteiger charge is 2.23. The van der Waals surface area contributed by atoms with E-state index >= 15 is 0 Å². The Morgan fingerprint density at radius 2 is 1.52 bits per heavy atom. The predicted octanol–water partition coefficient (Wildman–Crippen LogP) is 4.81. The van der Waals surface area contributed by atoms with Crippen LogP contribution >= 0.6 is 0 Å². The molecule has 0 unspecified atom stereocenters. The van der Waals surface area contributed by atoms with E-state index in [2.05, 4.69) is 5.32 Å². The number of pyridine rings is 1. The van der Waals surface area contributed by atoms with Crippen LogP contribution in [0, 0.1) is 5.82 Å². The number of rotatable bonds is 8. The number of anilines is 2. The number of hydrogen-bond donors (Lipinski definition) is 1. The molecule has 0 saturated carbocycles. The largest absolute Gasteiger partial charge is 0.355 e. The number of benzene rings is 3. The summed E-state index contributed by atoms with van der Waals surface area (Å²) < 4.78 is 66.8. The minimum atomic E-state index is -3.96. The van der Waals surface area contributed by atoms with Crippen LogP contribution in [0.1, 0.15) is 11.1 Å². The third-order valence-corrected chi connectivity index (χ3v) is 8.87. The minimum absolute atomic E-state index is 0.0165. The van der Waals surface area contributed by atoms with Crippen molar-refractivity contribution in [2.75, 3.05) is 11.6 Å². The monoisotopic (exact) mass is 579 g/mol. The summed E-state index contributed by atoms with van der Waals surface area (Å²) in [5.41, 5.74) is 2.79. The normalized spacial score (nSPS) is 12.1. The molecule has 5 aromatic rings. The molecule has 1 N–H and O–H groups in total. The molecule has 2 heterocycles. The second-order valence-corrected chi connectivity index (χ2v) is 13.6. The Morgan fingerprint density at radius 1 is 0.825 bits per heavy atom. The lowest BCUT2D eigenvalue weighted by atomic mass is 9.99. The first-order chi connectivity index (χ1) is 18.9. The summed E-state index contributed by atoms with van der Waals surface area (Å²) in [4.78, 5) is 13.3. The first-order valence-corrected chi connectivity index (χ1v) is 15.9. The molecule has 5 rings (SSSR count). The summed E-state index contributed by atoms with van der Waals surface area (Å²) >= 11 is 0. The molecule has 3 aromatic carbocycles. The van der Waals surface area contributed by atoms with Crippen molar-refractivity contribution in [1.29, 1.82) is 0 Å². The molecule has 0 aliphatic heterocycles. The Labute approximate surface area is 231 Å². The van der Waals surface area contributed by atoms with E-state index in [1.807, 2.05) is 0 Å². The van der Waals surface area contributed by atoms with Gasteiger partial charge in [0.05, 0.1) is 11.5 Å². The first kappa shape index (κ1) is 27.4. The second kappa shape index (κ2) is 10.4. The van der Waals surface area contributed by atoms with Gasteiger partial charge in [-0.25, -0.2) is 25.2 Å². The Hall–Kier alpha value is -4.22. The number of fused-ring (bicyclic) bond motifs is 1. The fourth-order valence-electron chi connectivity index (χ4n) is 4.64. The molecule has 0 aliphatic rings. The van der Waals surface area contributed by atoms with Crippen LogP contribution in [0.5, 0.6) is 0 Å². The van der Waals surface area contributed by atoms with E-state index in [1.165, 1.54) is 29.9 Å². The maximum absolute atomic E-state index is 13.5. The molecule has 0 saturated heterocycles. The van der Waals surface area contributed by atoms with Gasteiger partial charge in [-0.2, -0.15) is 0 Å². The average molecular weight is 580 g/mol. The lowest BCUT2D eigenvalue weighted by Gasteiger charge is -2.16. The lowest BCUT2D eigenvalue weighted by Crippen LogP contribution is -2.23. The van der Waals surface area contributed by atoms with E-state index in [-0.39, 0.29) is 17.0 Å². The molecule has 0 radical (unpaired) electrons. The standard InChI is InChI=1S/C29H26FN3O5S2/c1-32-17-26(24-14-15-33(28(24)29(32)34)40(37,38)19-20-6-4-3-5-7-20)25-16-21(18-39(2,35)36)8-13-27(25)31-23-11-9-22(30)10-12-23/h3-17,31H,18-19H2,1-2H3. The molecule has 0 bridgehead atoms. The maximum Gasteiger partial charge on any atom is 0.275 e. The van der Waals surface area contributed by atoms with E-state index in [0.717, 1.165) is 10.2 Å². The second-order valence-electron chi connectivity index (χ2n) is 9.66. The third-order valence-electron chi connectivity index (χ3n) is 6.41. The van der Waals surface area contributed by atoms with Gasteiger partial charge in [0, 0.05) is 53.6 Å². The zero-order valence-electron chi connectivity index (χ0n) is 21.7. The van der Waals surface area contributed by atoms with Crippen LogP contribution < -0.4 is 10.9 Å². The fourth-order valence-corrected chi connectivity index (χ4v) is 6.87. The quantitative estimate of drug-likeness (QED) is 0.283. The summed E-state index contributed by atoms with van der Waals surface area (Å²) in [6, 6.07) is 21.1. The van der Waals surface area contributed by atoms with Gasteiger partial charge in [-0.05, 0) is 53.6 Å². The van der Waals surface area contributed by atoms with Crippen molar-refractivity contribution in [2.24, 2.45) is 7.05 Å². The predicted molar refractivity (Wildman–Crippen MR) is 155 cm³/mol. The molecule has 0 amide bonds. The summed E-state index contributed by atoms with van der Waals surface area (Å²) in [7, 11) is -5.78. The molecule has 8 nitrogen and oxygen atoms in total. The van der Waals surface area contributed by atoms with Crippen molar-refractivity contribution < 1.29 is 21.2 Å².